The standard InChI is InChI=1S/C17H21N3O3/c1-12-10-19(11-13(2)23-12)17(22)7-8-20-15-6-4-3-5-14(15)16(21)9-18-20/h3-6,9,12-13H,7-8,10-11H2,1-2H3/t12-,13-/m1/s1. The van der Waals surface area contributed by atoms with Crippen LogP contribution in [0, 0.1) is 0 Å². The minimum atomic E-state index is -0.0981. The molecule has 6 nitrogen and oxygen atoms in total. The van der Waals surface area contributed by atoms with Gasteiger partial charge in [0.15, 0.2) is 0 Å². The number of morpholine rings is 1. The van der Waals surface area contributed by atoms with E-state index in [4.69, 9.17) is 4.74 Å². The van der Waals surface area contributed by atoms with Crippen molar-refractivity contribution in [3.05, 3.63) is 40.7 Å². The Bertz CT molecular complexity index is 761. The van der Waals surface area contributed by atoms with Crippen LogP contribution in [-0.2, 0) is 16.1 Å². The molecule has 2 aromatic rings. The fraction of sp³-hybridized carbons (Fsp3) is 0.471. The summed E-state index contributed by atoms with van der Waals surface area (Å²) < 4.78 is 7.38. The Kier molecular flexibility index (Phi) is 4.43. The number of amides is 1. The normalized spacial score (nSPS) is 21.6. The van der Waals surface area contributed by atoms with Gasteiger partial charge >= 0.3 is 0 Å². The summed E-state index contributed by atoms with van der Waals surface area (Å²) >= 11 is 0. The van der Waals surface area contributed by atoms with Crippen LogP contribution >= 0.6 is 0 Å². The zero-order valence-electron chi connectivity index (χ0n) is 13.4. The van der Waals surface area contributed by atoms with Crippen LogP contribution in [0.3, 0.4) is 0 Å². The SMILES string of the molecule is C[C@@H]1CN(C(=O)CCn2ncc(=O)c3ccccc32)C[C@@H](C)O1. The van der Waals surface area contributed by atoms with Crippen LogP contribution in [0.15, 0.2) is 35.3 Å². The number of aromatic nitrogens is 2. The highest BCUT2D eigenvalue weighted by Gasteiger charge is 2.25. The van der Waals surface area contributed by atoms with Gasteiger partial charge in [-0.2, -0.15) is 5.10 Å². The average molecular weight is 315 g/mol. The highest BCUT2D eigenvalue weighted by molar-refractivity contribution is 5.79. The van der Waals surface area contributed by atoms with Gasteiger partial charge in [-0.05, 0) is 26.0 Å². The van der Waals surface area contributed by atoms with Crippen molar-refractivity contribution in [2.45, 2.75) is 39.0 Å². The third-order valence-electron chi connectivity index (χ3n) is 4.07. The van der Waals surface area contributed by atoms with E-state index in [2.05, 4.69) is 5.10 Å². The number of carbonyl (C=O) groups is 1. The van der Waals surface area contributed by atoms with Crippen molar-refractivity contribution in [3.63, 3.8) is 0 Å². The van der Waals surface area contributed by atoms with E-state index in [1.807, 2.05) is 36.9 Å². The lowest BCUT2D eigenvalue weighted by Crippen LogP contribution is -2.48. The molecule has 1 aromatic heterocycles. The molecule has 0 aliphatic carbocycles. The summed E-state index contributed by atoms with van der Waals surface area (Å²) in [6.07, 6.45) is 1.80. The number of carbonyl (C=O) groups excluding carboxylic acids is 1. The molecule has 1 amide bonds. The minimum absolute atomic E-state index is 0.0639. The zero-order chi connectivity index (χ0) is 16.4. The van der Waals surface area contributed by atoms with Gasteiger partial charge in [0.05, 0.1) is 30.5 Å². The van der Waals surface area contributed by atoms with Gasteiger partial charge in [0.1, 0.15) is 0 Å². The molecule has 0 saturated carbocycles. The van der Waals surface area contributed by atoms with E-state index < -0.39 is 0 Å². The number of hydrogen-bond donors (Lipinski definition) is 0. The largest absolute Gasteiger partial charge is 0.372 e. The fourth-order valence-electron chi connectivity index (χ4n) is 3.08. The minimum Gasteiger partial charge on any atom is -0.372 e. The molecule has 2 heterocycles. The predicted octanol–water partition coefficient (Wildman–Crippen LogP) is 1.42. The van der Waals surface area contributed by atoms with Gasteiger partial charge in [-0.15, -0.1) is 0 Å². The molecular weight excluding hydrogens is 294 g/mol. The van der Waals surface area contributed by atoms with E-state index in [-0.39, 0.29) is 23.5 Å². The summed E-state index contributed by atoms with van der Waals surface area (Å²) in [5.74, 6) is 0.0941. The molecule has 1 fully saturated rings. The molecule has 0 spiro atoms. The molecule has 1 aliphatic rings. The maximum absolute atomic E-state index is 12.4. The van der Waals surface area contributed by atoms with Crippen LogP contribution in [0.4, 0.5) is 0 Å². The first kappa shape index (κ1) is 15.7. The van der Waals surface area contributed by atoms with Crippen molar-refractivity contribution in [2.24, 2.45) is 0 Å². The Labute approximate surface area is 134 Å². The van der Waals surface area contributed by atoms with Gasteiger partial charge in [-0.25, -0.2) is 0 Å². The first-order valence-corrected chi connectivity index (χ1v) is 7.92. The van der Waals surface area contributed by atoms with Gasteiger partial charge in [0.2, 0.25) is 11.3 Å². The summed E-state index contributed by atoms with van der Waals surface area (Å²) in [5.41, 5.74) is 0.663. The second-order valence-corrected chi connectivity index (χ2v) is 6.06. The molecule has 1 aromatic carbocycles. The molecule has 0 N–H and O–H groups in total. The third-order valence-corrected chi connectivity index (χ3v) is 4.07. The Hall–Kier alpha value is -2.21. The second-order valence-electron chi connectivity index (χ2n) is 6.06. The average Bonchev–Trinajstić information content (AvgIpc) is 2.53. The van der Waals surface area contributed by atoms with E-state index in [9.17, 15) is 9.59 Å². The lowest BCUT2D eigenvalue weighted by molar-refractivity contribution is -0.143. The van der Waals surface area contributed by atoms with Crippen LogP contribution in [0.1, 0.15) is 20.3 Å². The highest BCUT2D eigenvalue weighted by atomic mass is 16.5. The Morgan fingerprint density at radius 1 is 1.26 bits per heavy atom. The van der Waals surface area contributed by atoms with Crippen molar-refractivity contribution >= 4 is 16.8 Å². The maximum Gasteiger partial charge on any atom is 0.224 e. The molecule has 1 aliphatic heterocycles. The van der Waals surface area contributed by atoms with E-state index in [0.29, 0.717) is 31.4 Å². The molecule has 122 valence electrons. The number of rotatable bonds is 3. The number of nitrogens with zero attached hydrogens (tertiary/aromatic N) is 3. The first-order chi connectivity index (χ1) is 11.0. The first-order valence-electron chi connectivity index (χ1n) is 7.92. The molecule has 6 heteroatoms. The van der Waals surface area contributed by atoms with E-state index in [1.165, 1.54) is 6.20 Å². The number of para-hydroxylation sites is 1. The summed E-state index contributed by atoms with van der Waals surface area (Å²) in [6.45, 7) is 5.67. The lowest BCUT2D eigenvalue weighted by atomic mass is 10.2. The summed E-state index contributed by atoms with van der Waals surface area (Å²) in [7, 11) is 0. The van der Waals surface area contributed by atoms with E-state index in [1.54, 1.807) is 10.7 Å². The van der Waals surface area contributed by atoms with Crippen molar-refractivity contribution in [1.82, 2.24) is 14.7 Å². The topological polar surface area (TPSA) is 64.4 Å². The maximum atomic E-state index is 12.4. The number of ether oxygens (including phenoxy) is 1. The number of fused-ring (bicyclic) bond motifs is 1. The second kappa shape index (κ2) is 6.50. The molecule has 2 atom stereocenters. The monoisotopic (exact) mass is 315 g/mol. The molecule has 0 bridgehead atoms. The zero-order valence-corrected chi connectivity index (χ0v) is 13.4. The highest BCUT2D eigenvalue weighted by Crippen LogP contribution is 2.13. The summed E-state index contributed by atoms with van der Waals surface area (Å²) in [4.78, 5) is 26.1. The quantitative estimate of drug-likeness (QED) is 0.859. The molecular formula is C17H21N3O3. The van der Waals surface area contributed by atoms with Gasteiger partial charge in [-0.1, -0.05) is 12.1 Å². The molecule has 3 rings (SSSR count). The fourth-order valence-corrected chi connectivity index (χ4v) is 3.08. The van der Waals surface area contributed by atoms with Gasteiger partial charge in [0, 0.05) is 24.9 Å². The Morgan fingerprint density at radius 2 is 1.96 bits per heavy atom. The molecule has 1 saturated heterocycles. The van der Waals surface area contributed by atoms with Crippen molar-refractivity contribution < 1.29 is 9.53 Å². The summed E-state index contributed by atoms with van der Waals surface area (Å²) in [6, 6.07) is 7.33. The van der Waals surface area contributed by atoms with Crippen LogP contribution in [-0.4, -0.2) is 45.9 Å². The van der Waals surface area contributed by atoms with E-state index >= 15 is 0 Å². The Morgan fingerprint density at radius 3 is 2.70 bits per heavy atom. The van der Waals surface area contributed by atoms with Crippen LogP contribution in [0.25, 0.3) is 10.9 Å². The van der Waals surface area contributed by atoms with E-state index in [0.717, 1.165) is 5.52 Å². The Balaban J connectivity index is 1.72. The van der Waals surface area contributed by atoms with Crippen molar-refractivity contribution in [2.75, 3.05) is 13.1 Å². The van der Waals surface area contributed by atoms with Crippen LogP contribution in [0.2, 0.25) is 0 Å². The van der Waals surface area contributed by atoms with Gasteiger partial charge < -0.3 is 9.64 Å². The predicted molar refractivity (Wildman–Crippen MR) is 87.2 cm³/mol. The van der Waals surface area contributed by atoms with Crippen LogP contribution in [0.5, 0.6) is 0 Å². The number of benzene rings is 1. The molecule has 0 radical (unpaired) electrons. The van der Waals surface area contributed by atoms with Crippen molar-refractivity contribution in [1.29, 1.82) is 0 Å². The third kappa shape index (κ3) is 3.42. The number of hydrogen-bond acceptors (Lipinski definition) is 4. The lowest BCUT2D eigenvalue weighted by Gasteiger charge is -2.35. The van der Waals surface area contributed by atoms with Crippen molar-refractivity contribution in [3.8, 4) is 0 Å². The van der Waals surface area contributed by atoms with Crippen LogP contribution < -0.4 is 5.43 Å². The van der Waals surface area contributed by atoms with Gasteiger partial charge in [0.25, 0.3) is 0 Å². The number of aryl methyl sites for hydroxylation is 1. The molecule has 23 heavy (non-hydrogen) atoms. The molecule has 0 unspecified atom stereocenters. The smallest absolute Gasteiger partial charge is 0.224 e. The summed E-state index contributed by atoms with van der Waals surface area (Å²) in [5, 5.41) is 4.79. The van der Waals surface area contributed by atoms with Gasteiger partial charge in [-0.3, -0.25) is 14.3 Å².